The van der Waals surface area contributed by atoms with Crippen molar-refractivity contribution in [2.24, 2.45) is 4.99 Å². The van der Waals surface area contributed by atoms with E-state index in [1.165, 1.54) is 40.2 Å². The number of nitrogens with one attached hydrogen (secondary N) is 1. The van der Waals surface area contributed by atoms with Crippen molar-refractivity contribution in [1.29, 1.82) is 0 Å². The average molecular weight is 613 g/mol. The molecule has 2 heterocycles. The molecule has 0 aliphatic carbocycles. The number of alkyl halides is 3. The van der Waals surface area contributed by atoms with E-state index in [0.29, 0.717) is 16.9 Å². The number of halogens is 4. The lowest BCUT2D eigenvalue weighted by Gasteiger charge is -2.20. The molecule has 222 valence electrons. The molecule has 1 aromatic heterocycles. The number of anilines is 2. The summed E-state index contributed by atoms with van der Waals surface area (Å²) in [7, 11) is 0. The van der Waals surface area contributed by atoms with E-state index in [0.717, 1.165) is 53.9 Å². The Balaban J connectivity index is 1.30. The molecule has 1 fully saturated rings. The number of aliphatic imine (C=N–C) groups is 1. The molecule has 0 saturated carbocycles. The number of aryl methyl sites for hydroxylation is 2. The van der Waals surface area contributed by atoms with E-state index in [9.17, 15) is 22.8 Å². The van der Waals surface area contributed by atoms with E-state index in [1.807, 2.05) is 32.0 Å². The van der Waals surface area contributed by atoms with E-state index < -0.39 is 18.2 Å². The maximum Gasteiger partial charge on any atom is 0.573 e. The third kappa shape index (κ3) is 7.02. The van der Waals surface area contributed by atoms with Gasteiger partial charge in [0.15, 0.2) is 11.0 Å². The first-order valence-electron chi connectivity index (χ1n) is 13.0. The fourth-order valence-electron chi connectivity index (χ4n) is 4.35. The van der Waals surface area contributed by atoms with Gasteiger partial charge in [-0.15, -0.1) is 18.3 Å². The van der Waals surface area contributed by atoms with E-state index in [2.05, 4.69) is 25.1 Å². The fraction of sp³-hybridized carbons (Fsp3) is 0.207. The van der Waals surface area contributed by atoms with Gasteiger partial charge >= 0.3 is 12.4 Å². The molecule has 4 aromatic rings. The zero-order chi connectivity index (χ0) is 30.7. The first-order chi connectivity index (χ1) is 20.5. The monoisotopic (exact) mass is 612 g/mol. The van der Waals surface area contributed by atoms with Crippen molar-refractivity contribution in [2.45, 2.75) is 33.1 Å². The first kappa shape index (κ1) is 29.8. The predicted molar refractivity (Wildman–Crippen MR) is 155 cm³/mol. The molecule has 1 aliphatic heterocycles. The van der Waals surface area contributed by atoms with Gasteiger partial charge in [-0.3, -0.25) is 9.69 Å². The molecule has 0 spiro atoms. The van der Waals surface area contributed by atoms with Crippen molar-refractivity contribution >= 4 is 40.2 Å². The van der Waals surface area contributed by atoms with Gasteiger partial charge in [0.25, 0.3) is 0 Å². The highest BCUT2D eigenvalue weighted by molar-refractivity contribution is 8.15. The predicted octanol–water partition coefficient (Wildman–Crippen LogP) is 6.90. The summed E-state index contributed by atoms with van der Waals surface area (Å²) in [6, 6.07) is 13.9. The molecule has 9 nitrogen and oxygen atoms in total. The number of urea groups is 1. The Labute approximate surface area is 247 Å². The van der Waals surface area contributed by atoms with Crippen molar-refractivity contribution < 1.29 is 31.9 Å². The number of benzene rings is 3. The third-order valence-electron chi connectivity index (χ3n) is 6.26. The van der Waals surface area contributed by atoms with Gasteiger partial charge in [0.2, 0.25) is 5.91 Å². The second-order valence-corrected chi connectivity index (χ2v) is 10.4. The molecule has 14 heteroatoms. The van der Waals surface area contributed by atoms with Crippen LogP contribution in [0.2, 0.25) is 0 Å². The molecule has 1 N–H and O–H groups in total. The van der Waals surface area contributed by atoms with E-state index in [4.69, 9.17) is 0 Å². The van der Waals surface area contributed by atoms with Crippen LogP contribution < -0.4 is 15.0 Å². The van der Waals surface area contributed by atoms with Gasteiger partial charge in [-0.1, -0.05) is 37.2 Å². The van der Waals surface area contributed by atoms with E-state index in [-0.39, 0.29) is 34.1 Å². The number of aromatic nitrogens is 3. The summed E-state index contributed by atoms with van der Waals surface area (Å²) in [5.74, 6) is -1.09. The molecule has 3 aromatic carbocycles. The summed E-state index contributed by atoms with van der Waals surface area (Å²) in [6.07, 6.45) is -1.86. The van der Waals surface area contributed by atoms with Gasteiger partial charge in [0.1, 0.15) is 17.9 Å². The molecule has 3 amide bonds. The van der Waals surface area contributed by atoms with Gasteiger partial charge in [-0.05, 0) is 73.0 Å². The molecule has 43 heavy (non-hydrogen) atoms. The summed E-state index contributed by atoms with van der Waals surface area (Å²) in [4.78, 5) is 35.2. The maximum absolute atomic E-state index is 15.0. The van der Waals surface area contributed by atoms with Crippen LogP contribution in [0.3, 0.4) is 0 Å². The lowest BCUT2D eigenvalue weighted by Crippen LogP contribution is -2.31. The van der Waals surface area contributed by atoms with Crippen molar-refractivity contribution in [3.63, 3.8) is 0 Å². The smallest absolute Gasteiger partial charge is 0.406 e. The Morgan fingerprint density at radius 2 is 1.88 bits per heavy atom. The van der Waals surface area contributed by atoms with Crippen LogP contribution in [0.4, 0.5) is 33.7 Å². The first-order valence-corrected chi connectivity index (χ1v) is 14.0. The van der Waals surface area contributed by atoms with Gasteiger partial charge in [-0.2, -0.15) is 4.99 Å². The van der Waals surface area contributed by atoms with Crippen molar-refractivity contribution in [3.8, 4) is 22.8 Å². The van der Waals surface area contributed by atoms with Crippen LogP contribution in [-0.4, -0.2) is 44.0 Å². The van der Waals surface area contributed by atoms with Crippen molar-refractivity contribution in [2.75, 3.05) is 16.0 Å². The van der Waals surface area contributed by atoms with E-state index >= 15 is 4.39 Å². The number of hydrogen-bond acceptors (Lipinski definition) is 6. The second kappa shape index (κ2) is 12.3. The minimum atomic E-state index is -4.81. The van der Waals surface area contributed by atoms with Gasteiger partial charge in [-0.25, -0.2) is 18.9 Å². The Bertz CT molecular complexity index is 1710. The van der Waals surface area contributed by atoms with Crippen LogP contribution in [0.15, 0.2) is 72.0 Å². The molecule has 1 saturated heterocycles. The fourth-order valence-corrected chi connectivity index (χ4v) is 5.21. The topological polar surface area (TPSA) is 102 Å². The molecule has 1 aliphatic rings. The number of thioether (sulfide) groups is 1. The van der Waals surface area contributed by atoms with Gasteiger partial charge in [0.05, 0.1) is 22.8 Å². The molecule has 0 atom stereocenters. The summed E-state index contributed by atoms with van der Waals surface area (Å²) in [6.45, 7) is 3.95. The number of nitrogens with zero attached hydrogens (tertiary/aromatic N) is 5. The van der Waals surface area contributed by atoms with Crippen LogP contribution in [0.5, 0.6) is 5.75 Å². The third-order valence-corrected chi connectivity index (χ3v) is 7.18. The molecular formula is C29H24F4N6O3S. The van der Waals surface area contributed by atoms with Crippen LogP contribution in [0.25, 0.3) is 17.1 Å². The zero-order valence-electron chi connectivity index (χ0n) is 22.9. The number of amidine groups is 1. The summed E-state index contributed by atoms with van der Waals surface area (Å²) in [5, 5.41) is 6.87. The highest BCUT2D eigenvalue weighted by atomic mass is 32.2. The number of hydrogen-bond donors (Lipinski definition) is 1. The van der Waals surface area contributed by atoms with Crippen LogP contribution >= 0.6 is 11.8 Å². The lowest BCUT2D eigenvalue weighted by atomic mass is 10.0. The highest BCUT2D eigenvalue weighted by Gasteiger charge is 2.32. The standard InChI is InChI=1S/C29H24F4N6O3S/c1-3-4-18-6-5-17(2)13-24(18)39-25(40)15-43-28(39)36-27(41)35-23-12-7-19(14-22(23)30)26-34-16-38(37-26)20-8-10-21(11-9-20)42-29(31,32)33/h5-14,16H,3-4,15H2,1-2H3,(H,35,41)/b36-28-. The zero-order valence-corrected chi connectivity index (χ0v) is 23.7. The number of amides is 3. The summed E-state index contributed by atoms with van der Waals surface area (Å²) < 4.78 is 57.4. The second-order valence-electron chi connectivity index (χ2n) is 9.47. The van der Waals surface area contributed by atoms with Crippen LogP contribution in [0, 0.1) is 12.7 Å². The normalized spacial score (nSPS) is 14.4. The molecule has 5 rings (SSSR count). The number of carbonyl (C=O) groups is 2. The molecule has 0 bridgehead atoms. The Morgan fingerprint density at radius 1 is 1.12 bits per heavy atom. The SMILES string of the molecule is CCCc1ccc(C)cc1N1C(=O)CS/C1=N\C(=O)Nc1ccc(-c2ncn(-c3ccc(OC(F)(F)F)cc3)n2)cc1F. The van der Waals surface area contributed by atoms with Gasteiger partial charge < -0.3 is 10.1 Å². The molecular weight excluding hydrogens is 588 g/mol. The van der Waals surface area contributed by atoms with Crippen LogP contribution in [0.1, 0.15) is 24.5 Å². The largest absolute Gasteiger partial charge is 0.573 e. The lowest BCUT2D eigenvalue weighted by molar-refractivity contribution is -0.274. The average Bonchev–Trinajstić information content (AvgIpc) is 3.58. The quantitative estimate of drug-likeness (QED) is 0.228. The van der Waals surface area contributed by atoms with Crippen LogP contribution in [-0.2, 0) is 11.2 Å². The van der Waals surface area contributed by atoms with E-state index in [1.54, 1.807) is 0 Å². The Kier molecular flexibility index (Phi) is 8.48. The molecule has 0 radical (unpaired) electrons. The number of rotatable bonds is 7. The Hall–Kier alpha value is -4.72. The number of ether oxygens (including phenoxy) is 1. The maximum atomic E-state index is 15.0. The van der Waals surface area contributed by atoms with Gasteiger partial charge in [0, 0.05) is 5.56 Å². The number of carbonyl (C=O) groups excluding carboxylic acids is 2. The van der Waals surface area contributed by atoms with Crippen molar-refractivity contribution in [1.82, 2.24) is 14.8 Å². The summed E-state index contributed by atoms with van der Waals surface area (Å²) in [5.41, 5.74) is 3.16. The minimum absolute atomic E-state index is 0.125. The highest BCUT2D eigenvalue weighted by Crippen LogP contribution is 2.32. The van der Waals surface area contributed by atoms with Crippen molar-refractivity contribution in [3.05, 3.63) is 83.9 Å². The molecule has 0 unspecified atom stereocenters. The minimum Gasteiger partial charge on any atom is -0.406 e. The summed E-state index contributed by atoms with van der Waals surface area (Å²) >= 11 is 1.13. The Morgan fingerprint density at radius 3 is 2.58 bits per heavy atom.